The fraction of sp³-hybridized carbons (Fsp3) is 0.545. The first kappa shape index (κ1) is 19.6. The zero-order chi connectivity index (χ0) is 14.1. The number of aliphatic imine (C=N–C) groups is 1. The van der Waals surface area contributed by atoms with Crippen LogP contribution >= 0.6 is 35.3 Å². The molecule has 0 spiro atoms. The number of nitrogens with two attached hydrogens (primary N) is 1. The summed E-state index contributed by atoms with van der Waals surface area (Å²) in [6.45, 7) is 3.45. The van der Waals surface area contributed by atoms with Gasteiger partial charge in [0, 0.05) is 19.6 Å². The lowest BCUT2D eigenvalue weighted by molar-refractivity contribution is 0.583. The van der Waals surface area contributed by atoms with Crippen molar-refractivity contribution in [2.75, 3.05) is 19.6 Å². The predicted molar refractivity (Wildman–Crippen MR) is 94.3 cm³/mol. The van der Waals surface area contributed by atoms with Crippen LogP contribution in [0.3, 0.4) is 0 Å². The first-order valence-corrected chi connectivity index (χ1v) is 8.49. The fourth-order valence-corrected chi connectivity index (χ4v) is 3.35. The van der Waals surface area contributed by atoms with Gasteiger partial charge in [0.05, 0.1) is 0 Å². The first-order chi connectivity index (χ1) is 9.06. The molecule has 0 aromatic carbocycles. The van der Waals surface area contributed by atoms with Crippen molar-refractivity contribution in [2.24, 2.45) is 10.7 Å². The lowest BCUT2D eigenvalue weighted by atomic mass is 10.3. The van der Waals surface area contributed by atoms with Gasteiger partial charge in [-0.05, 0) is 17.9 Å². The third kappa shape index (κ3) is 7.41. The number of hydrogen-bond acceptors (Lipinski definition) is 4. The largest absolute Gasteiger partial charge is 0.370 e. The summed E-state index contributed by atoms with van der Waals surface area (Å²) in [7, 11) is -3.39. The summed E-state index contributed by atoms with van der Waals surface area (Å²) in [5, 5.41) is 4.59. The lowest BCUT2D eigenvalue weighted by Crippen LogP contribution is -2.38. The van der Waals surface area contributed by atoms with Crippen LogP contribution in [0, 0.1) is 0 Å². The maximum Gasteiger partial charge on any atom is 0.250 e. The smallest absolute Gasteiger partial charge is 0.250 e. The molecular weight excluding hydrogens is 411 g/mol. The molecule has 1 rings (SSSR count). The van der Waals surface area contributed by atoms with E-state index in [1.807, 2.05) is 0 Å². The Morgan fingerprint density at radius 1 is 1.45 bits per heavy atom. The van der Waals surface area contributed by atoms with Gasteiger partial charge in [-0.25, -0.2) is 13.1 Å². The van der Waals surface area contributed by atoms with Crippen LogP contribution < -0.4 is 15.8 Å². The van der Waals surface area contributed by atoms with Crippen LogP contribution in [0.25, 0.3) is 0 Å². The highest BCUT2D eigenvalue weighted by atomic mass is 127. The van der Waals surface area contributed by atoms with E-state index in [1.54, 1.807) is 17.5 Å². The summed E-state index contributed by atoms with van der Waals surface area (Å²) in [6.07, 6.45) is 2.06. The highest BCUT2D eigenvalue weighted by Gasteiger charge is 2.13. The van der Waals surface area contributed by atoms with E-state index in [0.717, 1.165) is 12.8 Å². The van der Waals surface area contributed by atoms with Crippen molar-refractivity contribution in [1.82, 2.24) is 10.0 Å². The van der Waals surface area contributed by atoms with Gasteiger partial charge in [0.15, 0.2) is 5.96 Å². The van der Waals surface area contributed by atoms with Crippen LogP contribution in [0.5, 0.6) is 0 Å². The fourth-order valence-electron chi connectivity index (χ4n) is 1.28. The molecule has 0 radical (unpaired) electrons. The van der Waals surface area contributed by atoms with E-state index in [1.165, 1.54) is 11.3 Å². The van der Waals surface area contributed by atoms with Crippen LogP contribution in [-0.2, 0) is 10.0 Å². The van der Waals surface area contributed by atoms with E-state index < -0.39 is 10.0 Å². The van der Waals surface area contributed by atoms with Gasteiger partial charge in [0.1, 0.15) is 4.21 Å². The molecular formula is C11H21IN4O2S2. The van der Waals surface area contributed by atoms with Gasteiger partial charge in [0.25, 0.3) is 0 Å². The molecule has 1 heterocycles. The Balaban J connectivity index is 0.00000361. The van der Waals surface area contributed by atoms with Crippen LogP contribution in [0.4, 0.5) is 0 Å². The molecule has 0 saturated carbocycles. The van der Waals surface area contributed by atoms with Crippen LogP contribution in [0.2, 0.25) is 0 Å². The van der Waals surface area contributed by atoms with E-state index in [9.17, 15) is 8.42 Å². The molecule has 0 saturated heterocycles. The molecule has 9 heteroatoms. The van der Waals surface area contributed by atoms with Crippen molar-refractivity contribution in [3.05, 3.63) is 17.5 Å². The lowest BCUT2D eigenvalue weighted by Gasteiger charge is -2.07. The molecule has 1 aromatic heterocycles. The summed E-state index contributed by atoms with van der Waals surface area (Å²) >= 11 is 1.19. The third-order valence-electron chi connectivity index (χ3n) is 2.28. The highest BCUT2D eigenvalue weighted by Crippen LogP contribution is 2.14. The number of guanidine groups is 1. The topological polar surface area (TPSA) is 96.6 Å². The van der Waals surface area contributed by atoms with Crippen LogP contribution in [-0.4, -0.2) is 34.0 Å². The minimum Gasteiger partial charge on any atom is -0.370 e. The second-order valence-corrected chi connectivity index (χ2v) is 6.82. The zero-order valence-corrected chi connectivity index (χ0v) is 15.3. The molecule has 1 aromatic rings. The monoisotopic (exact) mass is 432 g/mol. The van der Waals surface area contributed by atoms with Gasteiger partial charge in [-0.2, -0.15) is 0 Å². The van der Waals surface area contributed by atoms with Crippen molar-refractivity contribution in [1.29, 1.82) is 0 Å². The standard InChI is InChI=1S/C11H20N4O2S2.HI/c1-2-3-6-13-11(12)14-7-8-15-19(16,17)10-5-4-9-18-10;/h4-5,9,15H,2-3,6-8H2,1H3,(H3,12,13,14);1H. The van der Waals surface area contributed by atoms with E-state index in [-0.39, 0.29) is 30.5 Å². The summed E-state index contributed by atoms with van der Waals surface area (Å²) in [5.41, 5.74) is 5.62. The molecule has 4 N–H and O–H groups in total. The molecule has 0 aliphatic heterocycles. The highest BCUT2D eigenvalue weighted by molar-refractivity contribution is 14.0. The van der Waals surface area contributed by atoms with Crippen LogP contribution in [0.15, 0.2) is 26.7 Å². The van der Waals surface area contributed by atoms with Crippen molar-refractivity contribution in [3.8, 4) is 0 Å². The molecule has 116 valence electrons. The second-order valence-electron chi connectivity index (χ2n) is 3.88. The Bertz CT molecular complexity index is 489. The summed E-state index contributed by atoms with van der Waals surface area (Å²) < 4.78 is 26.3. The minimum absolute atomic E-state index is 0. The van der Waals surface area contributed by atoms with Crippen molar-refractivity contribution >= 4 is 51.3 Å². The second kappa shape index (κ2) is 10.4. The summed E-state index contributed by atoms with van der Waals surface area (Å²) in [4.78, 5) is 4.11. The number of unbranched alkanes of at least 4 members (excludes halogenated alkanes) is 1. The summed E-state index contributed by atoms with van der Waals surface area (Å²) in [5.74, 6) is 0.351. The Morgan fingerprint density at radius 3 is 2.80 bits per heavy atom. The number of hydrogen-bond donors (Lipinski definition) is 3. The maximum atomic E-state index is 11.8. The zero-order valence-electron chi connectivity index (χ0n) is 11.3. The van der Waals surface area contributed by atoms with E-state index >= 15 is 0 Å². The molecule has 0 fully saturated rings. The number of halogens is 1. The molecule has 0 atom stereocenters. The molecule has 0 unspecified atom stereocenters. The molecule has 20 heavy (non-hydrogen) atoms. The average molecular weight is 432 g/mol. The summed E-state index contributed by atoms with van der Waals surface area (Å²) in [6, 6.07) is 3.27. The molecule has 6 nitrogen and oxygen atoms in total. The molecule has 0 amide bonds. The Hall–Kier alpha value is -0.390. The van der Waals surface area contributed by atoms with Gasteiger partial charge in [-0.1, -0.05) is 19.4 Å². The number of nitrogens with zero attached hydrogens (tertiary/aromatic N) is 1. The third-order valence-corrected chi connectivity index (χ3v) is 5.14. The van der Waals surface area contributed by atoms with Crippen LogP contribution in [0.1, 0.15) is 19.8 Å². The van der Waals surface area contributed by atoms with Gasteiger partial charge >= 0.3 is 0 Å². The Kier molecular flexibility index (Phi) is 10.2. The molecule has 0 aliphatic carbocycles. The predicted octanol–water partition coefficient (Wildman–Crippen LogP) is 1.35. The number of sulfonamides is 1. The minimum atomic E-state index is -3.39. The first-order valence-electron chi connectivity index (χ1n) is 6.13. The normalized spacial score (nSPS) is 11.9. The van der Waals surface area contributed by atoms with E-state index in [2.05, 4.69) is 22.0 Å². The van der Waals surface area contributed by atoms with Crippen molar-refractivity contribution in [3.63, 3.8) is 0 Å². The average Bonchev–Trinajstić information content (AvgIpc) is 2.89. The van der Waals surface area contributed by atoms with Crippen molar-refractivity contribution < 1.29 is 8.42 Å². The number of thiophene rings is 1. The maximum absolute atomic E-state index is 11.8. The van der Waals surface area contributed by atoms with Gasteiger partial charge in [0.2, 0.25) is 10.0 Å². The molecule has 0 bridgehead atoms. The van der Waals surface area contributed by atoms with E-state index in [0.29, 0.717) is 23.3 Å². The SMILES string of the molecule is CCCCN=C(N)NCCNS(=O)(=O)c1cccs1.I. The Morgan fingerprint density at radius 2 is 2.20 bits per heavy atom. The van der Waals surface area contributed by atoms with Crippen molar-refractivity contribution in [2.45, 2.75) is 24.0 Å². The quantitative estimate of drug-likeness (QED) is 0.250. The van der Waals surface area contributed by atoms with Gasteiger partial charge < -0.3 is 11.1 Å². The van der Waals surface area contributed by atoms with E-state index in [4.69, 9.17) is 5.73 Å². The molecule has 0 aliphatic rings. The van der Waals surface area contributed by atoms with Gasteiger partial charge in [-0.3, -0.25) is 4.99 Å². The number of nitrogens with one attached hydrogen (secondary N) is 2. The number of rotatable bonds is 8. The van der Waals surface area contributed by atoms with Gasteiger partial charge in [-0.15, -0.1) is 35.3 Å². The Labute approximate surface area is 141 Å².